The van der Waals surface area contributed by atoms with Gasteiger partial charge in [0.2, 0.25) is 0 Å². The van der Waals surface area contributed by atoms with Crippen molar-refractivity contribution in [2.24, 2.45) is 5.92 Å². The summed E-state index contributed by atoms with van der Waals surface area (Å²) in [5.74, 6) is 0.442. The molecular weight excluding hydrogens is 414 g/mol. The van der Waals surface area contributed by atoms with Gasteiger partial charge in [0.15, 0.2) is 0 Å². The third-order valence-electron chi connectivity index (χ3n) is 6.72. The molecular formula is C27H25N3O3. The van der Waals surface area contributed by atoms with Crippen molar-refractivity contribution in [3.63, 3.8) is 0 Å². The fourth-order valence-electron chi connectivity index (χ4n) is 5.13. The molecule has 0 saturated heterocycles. The zero-order valence-corrected chi connectivity index (χ0v) is 18.3. The number of nitro benzene ring substituents is 1. The molecule has 166 valence electrons. The lowest BCUT2D eigenvalue weighted by atomic mass is 9.76. The zero-order valence-electron chi connectivity index (χ0n) is 18.3. The molecule has 1 aliphatic heterocycles. The summed E-state index contributed by atoms with van der Waals surface area (Å²) in [6.45, 7) is 2.54. The van der Waals surface area contributed by atoms with Gasteiger partial charge in [-0.1, -0.05) is 54.6 Å². The highest BCUT2D eigenvalue weighted by Gasteiger charge is 2.39. The quantitative estimate of drug-likeness (QED) is 0.297. The number of nitrogens with one attached hydrogen (secondary N) is 1. The number of non-ortho nitro benzene ring substituents is 1. The fraction of sp³-hybridized carbons (Fsp3) is 0.222. The number of benzene rings is 3. The molecule has 0 aromatic heterocycles. The van der Waals surface area contributed by atoms with Crippen LogP contribution >= 0.6 is 0 Å². The molecule has 0 spiro atoms. The van der Waals surface area contributed by atoms with Gasteiger partial charge in [0.05, 0.1) is 22.2 Å². The lowest BCUT2D eigenvalue weighted by Gasteiger charge is -2.38. The minimum absolute atomic E-state index is 0.0425. The highest BCUT2D eigenvalue weighted by Crippen LogP contribution is 2.50. The number of nitro groups is 1. The molecule has 33 heavy (non-hydrogen) atoms. The maximum Gasteiger partial charge on any atom is 0.269 e. The van der Waals surface area contributed by atoms with E-state index in [0.29, 0.717) is 18.0 Å². The molecule has 6 nitrogen and oxygen atoms in total. The number of nitrogens with zero attached hydrogens (tertiary/aromatic N) is 2. The molecule has 0 fully saturated rings. The second-order valence-electron chi connectivity index (χ2n) is 8.48. The van der Waals surface area contributed by atoms with Gasteiger partial charge < -0.3 is 10.2 Å². The van der Waals surface area contributed by atoms with Crippen LogP contribution in [0, 0.1) is 16.0 Å². The fourth-order valence-corrected chi connectivity index (χ4v) is 5.13. The summed E-state index contributed by atoms with van der Waals surface area (Å²) in [5.41, 5.74) is 4.55. The van der Waals surface area contributed by atoms with Gasteiger partial charge in [0.25, 0.3) is 11.6 Å². The van der Waals surface area contributed by atoms with Crippen molar-refractivity contribution in [3.05, 3.63) is 112 Å². The number of fused-ring (bicyclic) bond motifs is 3. The van der Waals surface area contributed by atoms with E-state index in [4.69, 9.17) is 0 Å². The Balaban J connectivity index is 1.55. The number of rotatable bonds is 5. The molecule has 3 aromatic rings. The van der Waals surface area contributed by atoms with Crippen molar-refractivity contribution in [2.75, 3.05) is 16.8 Å². The standard InChI is InChI=1S/C27H25N3O3/c1-2-29(19-8-4-3-5-9-19)27(31)24-13-7-12-23-21-10-6-11-22(21)25(28-26(23)24)18-14-16-20(17-15-18)30(32)33/h3-10,12-17,21-22,25,28H,2,11H2,1H3. The number of hydrogen-bond donors (Lipinski definition) is 1. The summed E-state index contributed by atoms with van der Waals surface area (Å²) in [5, 5.41) is 14.8. The average molecular weight is 440 g/mol. The van der Waals surface area contributed by atoms with E-state index >= 15 is 0 Å². The van der Waals surface area contributed by atoms with E-state index in [2.05, 4.69) is 23.5 Å². The molecule has 2 aliphatic rings. The average Bonchev–Trinajstić information content (AvgIpc) is 3.35. The summed E-state index contributed by atoms with van der Waals surface area (Å²) >= 11 is 0. The highest BCUT2D eigenvalue weighted by molar-refractivity contribution is 6.10. The van der Waals surface area contributed by atoms with Gasteiger partial charge in [-0.3, -0.25) is 14.9 Å². The van der Waals surface area contributed by atoms with Crippen molar-refractivity contribution in [1.82, 2.24) is 0 Å². The van der Waals surface area contributed by atoms with Crippen molar-refractivity contribution >= 4 is 23.0 Å². The third-order valence-corrected chi connectivity index (χ3v) is 6.72. The number of amides is 1. The molecule has 6 heteroatoms. The van der Waals surface area contributed by atoms with Crippen molar-refractivity contribution in [2.45, 2.75) is 25.3 Å². The number of hydrogen-bond acceptors (Lipinski definition) is 4. The molecule has 0 radical (unpaired) electrons. The Hall–Kier alpha value is -3.93. The first kappa shape index (κ1) is 20.9. The van der Waals surface area contributed by atoms with E-state index in [1.807, 2.05) is 61.5 Å². The number of allylic oxidation sites excluding steroid dienone is 2. The number of anilines is 2. The zero-order chi connectivity index (χ0) is 22.9. The largest absolute Gasteiger partial charge is 0.377 e. The van der Waals surface area contributed by atoms with Crippen LogP contribution in [0.15, 0.2) is 84.9 Å². The normalized spacial score (nSPS) is 20.5. The van der Waals surface area contributed by atoms with E-state index in [-0.39, 0.29) is 28.5 Å². The van der Waals surface area contributed by atoms with Gasteiger partial charge in [-0.2, -0.15) is 0 Å². The molecule has 0 saturated carbocycles. The van der Waals surface area contributed by atoms with Crippen LogP contribution in [0.2, 0.25) is 0 Å². The van der Waals surface area contributed by atoms with Gasteiger partial charge in [0, 0.05) is 30.3 Å². The minimum Gasteiger partial charge on any atom is -0.377 e. The van der Waals surface area contributed by atoms with Crippen LogP contribution in [0.3, 0.4) is 0 Å². The van der Waals surface area contributed by atoms with E-state index in [1.54, 1.807) is 17.0 Å². The third kappa shape index (κ3) is 3.67. The molecule has 5 rings (SSSR count). The lowest BCUT2D eigenvalue weighted by molar-refractivity contribution is -0.384. The number of carbonyl (C=O) groups excluding carboxylic acids is 1. The van der Waals surface area contributed by atoms with Crippen LogP contribution in [0.4, 0.5) is 17.1 Å². The molecule has 3 aromatic carbocycles. The molecule has 3 atom stereocenters. The monoisotopic (exact) mass is 439 g/mol. The Labute approximate surface area is 192 Å². The second kappa shape index (κ2) is 8.54. The molecule has 1 N–H and O–H groups in total. The van der Waals surface area contributed by atoms with Crippen LogP contribution in [0.1, 0.15) is 46.8 Å². The minimum atomic E-state index is -0.382. The summed E-state index contributed by atoms with van der Waals surface area (Å²) in [6, 6.07) is 22.3. The van der Waals surface area contributed by atoms with Crippen molar-refractivity contribution < 1.29 is 9.72 Å². The van der Waals surface area contributed by atoms with E-state index < -0.39 is 0 Å². The summed E-state index contributed by atoms with van der Waals surface area (Å²) < 4.78 is 0. The molecule has 1 heterocycles. The summed E-state index contributed by atoms with van der Waals surface area (Å²) in [4.78, 5) is 26.2. The predicted molar refractivity (Wildman–Crippen MR) is 130 cm³/mol. The van der Waals surface area contributed by atoms with Crippen LogP contribution in [0.25, 0.3) is 0 Å². The van der Waals surface area contributed by atoms with Gasteiger partial charge >= 0.3 is 0 Å². The maximum absolute atomic E-state index is 13.7. The smallest absolute Gasteiger partial charge is 0.269 e. The first-order valence-electron chi connectivity index (χ1n) is 11.3. The lowest BCUT2D eigenvalue weighted by Crippen LogP contribution is -2.34. The number of para-hydroxylation sites is 2. The van der Waals surface area contributed by atoms with Crippen LogP contribution in [-0.4, -0.2) is 17.4 Å². The Morgan fingerprint density at radius 3 is 2.52 bits per heavy atom. The van der Waals surface area contributed by atoms with E-state index in [0.717, 1.165) is 28.9 Å². The van der Waals surface area contributed by atoms with Crippen molar-refractivity contribution in [3.8, 4) is 0 Å². The maximum atomic E-state index is 13.7. The molecule has 0 bridgehead atoms. The van der Waals surface area contributed by atoms with E-state index in [1.165, 1.54) is 0 Å². The second-order valence-corrected chi connectivity index (χ2v) is 8.48. The highest BCUT2D eigenvalue weighted by atomic mass is 16.6. The topological polar surface area (TPSA) is 75.5 Å². The SMILES string of the molecule is CCN(C(=O)c1cccc2c1NC(c1ccc([N+](=O)[O-])cc1)C1CC=CC21)c1ccccc1. The van der Waals surface area contributed by atoms with Crippen LogP contribution in [0.5, 0.6) is 0 Å². The van der Waals surface area contributed by atoms with Crippen molar-refractivity contribution in [1.29, 1.82) is 0 Å². The predicted octanol–water partition coefficient (Wildman–Crippen LogP) is 6.09. The molecule has 3 unspecified atom stereocenters. The Kier molecular flexibility index (Phi) is 5.42. The summed E-state index contributed by atoms with van der Waals surface area (Å²) in [6.07, 6.45) is 5.34. The first-order chi connectivity index (χ1) is 16.1. The first-order valence-corrected chi connectivity index (χ1v) is 11.3. The number of carbonyl (C=O) groups is 1. The Bertz CT molecular complexity index is 1220. The molecule has 1 aliphatic carbocycles. The Morgan fingerprint density at radius 2 is 1.82 bits per heavy atom. The van der Waals surface area contributed by atoms with Crippen LogP contribution in [-0.2, 0) is 0 Å². The Morgan fingerprint density at radius 1 is 1.06 bits per heavy atom. The van der Waals surface area contributed by atoms with Gasteiger partial charge in [0.1, 0.15) is 0 Å². The van der Waals surface area contributed by atoms with Gasteiger partial charge in [-0.25, -0.2) is 0 Å². The summed E-state index contributed by atoms with van der Waals surface area (Å²) in [7, 11) is 0. The molecule has 1 amide bonds. The van der Waals surface area contributed by atoms with E-state index in [9.17, 15) is 14.9 Å². The van der Waals surface area contributed by atoms with Crippen LogP contribution < -0.4 is 10.2 Å². The van der Waals surface area contributed by atoms with Gasteiger partial charge in [-0.15, -0.1) is 0 Å². The van der Waals surface area contributed by atoms with Gasteiger partial charge in [-0.05, 0) is 48.6 Å².